The van der Waals surface area contributed by atoms with Crippen LogP contribution < -0.4 is 0 Å². The Labute approximate surface area is 94.0 Å². The molecule has 2 aliphatic rings. The minimum atomic E-state index is -0.0323. The first-order valence-electron chi connectivity index (χ1n) is 6.59. The number of rotatable bonds is 1. The van der Waals surface area contributed by atoms with Crippen molar-refractivity contribution in [3.8, 4) is 0 Å². The molecule has 1 N–H and O–H groups in total. The summed E-state index contributed by atoms with van der Waals surface area (Å²) in [6.07, 6.45) is 7.70. The lowest BCUT2D eigenvalue weighted by atomic mass is 9.83. The van der Waals surface area contributed by atoms with Gasteiger partial charge in [0.1, 0.15) is 0 Å². The van der Waals surface area contributed by atoms with Crippen molar-refractivity contribution >= 4 is 0 Å². The molecule has 2 fully saturated rings. The molecule has 0 aromatic rings. The third-order valence-electron chi connectivity index (χ3n) is 3.53. The van der Waals surface area contributed by atoms with E-state index in [1.165, 1.54) is 25.7 Å². The third kappa shape index (κ3) is 3.76. The zero-order valence-electron chi connectivity index (χ0n) is 10.4. The molecule has 2 heteroatoms. The highest BCUT2D eigenvalue weighted by molar-refractivity contribution is 4.82. The molecule has 2 unspecified atom stereocenters. The standard InChI is InChI=1S/C11H20O2.C2H6/c1-8-2-7-11(13-8)9-3-5-10(12)6-4-9;1-2/h8-12H,2-7H2,1H3;1-2H3. The highest BCUT2D eigenvalue weighted by atomic mass is 16.5. The first kappa shape index (κ1) is 13.0. The molecule has 0 spiro atoms. The Bertz CT molecular complexity index is 162. The van der Waals surface area contributed by atoms with Gasteiger partial charge in [-0.05, 0) is 51.4 Å². The van der Waals surface area contributed by atoms with Crippen molar-refractivity contribution in [2.24, 2.45) is 5.92 Å². The number of hydrogen-bond donors (Lipinski definition) is 1. The van der Waals surface area contributed by atoms with E-state index in [9.17, 15) is 5.11 Å². The van der Waals surface area contributed by atoms with Gasteiger partial charge < -0.3 is 9.84 Å². The summed E-state index contributed by atoms with van der Waals surface area (Å²) in [7, 11) is 0. The van der Waals surface area contributed by atoms with E-state index in [-0.39, 0.29) is 6.10 Å². The Morgan fingerprint density at radius 2 is 1.53 bits per heavy atom. The van der Waals surface area contributed by atoms with E-state index in [1.54, 1.807) is 0 Å². The van der Waals surface area contributed by atoms with Crippen molar-refractivity contribution in [2.75, 3.05) is 0 Å². The Balaban J connectivity index is 0.000000531. The van der Waals surface area contributed by atoms with E-state index >= 15 is 0 Å². The molecule has 1 saturated carbocycles. The van der Waals surface area contributed by atoms with Crippen LogP contribution in [0.3, 0.4) is 0 Å². The van der Waals surface area contributed by atoms with Gasteiger partial charge in [-0.15, -0.1) is 0 Å². The highest BCUT2D eigenvalue weighted by Crippen LogP contribution is 2.34. The number of aliphatic hydroxyl groups excluding tert-OH is 1. The van der Waals surface area contributed by atoms with Gasteiger partial charge in [-0.2, -0.15) is 0 Å². The number of hydrogen-bond acceptors (Lipinski definition) is 2. The summed E-state index contributed by atoms with van der Waals surface area (Å²) >= 11 is 0. The fourth-order valence-electron chi connectivity index (χ4n) is 2.65. The van der Waals surface area contributed by atoms with Gasteiger partial charge in [0.05, 0.1) is 18.3 Å². The predicted molar refractivity (Wildman–Crippen MR) is 62.9 cm³/mol. The van der Waals surface area contributed by atoms with Gasteiger partial charge in [-0.1, -0.05) is 13.8 Å². The molecule has 1 saturated heterocycles. The average molecular weight is 214 g/mol. The molecule has 90 valence electrons. The third-order valence-corrected chi connectivity index (χ3v) is 3.53. The van der Waals surface area contributed by atoms with Gasteiger partial charge in [0.15, 0.2) is 0 Å². The van der Waals surface area contributed by atoms with Crippen LogP contribution in [0.5, 0.6) is 0 Å². The van der Waals surface area contributed by atoms with Crippen molar-refractivity contribution in [3.05, 3.63) is 0 Å². The Morgan fingerprint density at radius 1 is 0.933 bits per heavy atom. The van der Waals surface area contributed by atoms with E-state index in [0.717, 1.165) is 18.8 Å². The first-order valence-corrected chi connectivity index (χ1v) is 6.59. The minimum Gasteiger partial charge on any atom is -0.393 e. The van der Waals surface area contributed by atoms with Crippen LogP contribution in [0.4, 0.5) is 0 Å². The van der Waals surface area contributed by atoms with Crippen molar-refractivity contribution in [1.29, 1.82) is 0 Å². The van der Waals surface area contributed by atoms with E-state index in [2.05, 4.69) is 6.92 Å². The fourth-order valence-corrected chi connectivity index (χ4v) is 2.65. The first-order chi connectivity index (χ1) is 7.25. The second kappa shape index (κ2) is 6.49. The molecular weight excluding hydrogens is 188 g/mol. The molecule has 0 radical (unpaired) electrons. The lowest BCUT2D eigenvalue weighted by Crippen LogP contribution is -2.27. The number of ether oxygens (including phenoxy) is 1. The summed E-state index contributed by atoms with van der Waals surface area (Å²) < 4.78 is 5.85. The smallest absolute Gasteiger partial charge is 0.0607 e. The largest absolute Gasteiger partial charge is 0.393 e. The van der Waals surface area contributed by atoms with Crippen molar-refractivity contribution in [1.82, 2.24) is 0 Å². The SMILES string of the molecule is CC.CC1CCC(C2CCC(O)CC2)O1. The molecule has 2 atom stereocenters. The van der Waals surface area contributed by atoms with Gasteiger partial charge in [-0.3, -0.25) is 0 Å². The van der Waals surface area contributed by atoms with E-state index in [1.807, 2.05) is 13.8 Å². The normalized spacial score (nSPS) is 40.8. The van der Waals surface area contributed by atoms with E-state index in [4.69, 9.17) is 4.74 Å². The summed E-state index contributed by atoms with van der Waals surface area (Å²) in [5, 5.41) is 9.38. The summed E-state index contributed by atoms with van der Waals surface area (Å²) in [5.74, 6) is 0.730. The van der Waals surface area contributed by atoms with Gasteiger partial charge in [0.2, 0.25) is 0 Å². The molecule has 0 aromatic heterocycles. The predicted octanol–water partition coefficient (Wildman–Crippen LogP) is 3.13. The van der Waals surface area contributed by atoms with E-state index in [0.29, 0.717) is 12.2 Å². The molecule has 0 aromatic carbocycles. The van der Waals surface area contributed by atoms with Crippen molar-refractivity contribution in [2.45, 2.75) is 77.6 Å². The summed E-state index contributed by atoms with van der Waals surface area (Å²) in [6.45, 7) is 6.16. The highest BCUT2D eigenvalue weighted by Gasteiger charge is 2.31. The maximum absolute atomic E-state index is 9.38. The molecule has 2 nitrogen and oxygen atoms in total. The molecule has 1 aliphatic heterocycles. The van der Waals surface area contributed by atoms with Gasteiger partial charge in [0.25, 0.3) is 0 Å². The van der Waals surface area contributed by atoms with Crippen LogP contribution in [0.25, 0.3) is 0 Å². The average Bonchev–Trinajstić information content (AvgIpc) is 2.69. The molecule has 0 bridgehead atoms. The molecule has 15 heavy (non-hydrogen) atoms. The zero-order valence-corrected chi connectivity index (χ0v) is 10.4. The topological polar surface area (TPSA) is 29.5 Å². The van der Waals surface area contributed by atoms with Crippen LogP contribution in [0.1, 0.15) is 59.3 Å². The lowest BCUT2D eigenvalue weighted by Gasteiger charge is -2.29. The van der Waals surface area contributed by atoms with Gasteiger partial charge in [0, 0.05) is 0 Å². The van der Waals surface area contributed by atoms with Crippen LogP contribution in [0, 0.1) is 5.92 Å². The maximum atomic E-state index is 9.38. The summed E-state index contributed by atoms with van der Waals surface area (Å²) in [6, 6.07) is 0. The molecule has 0 amide bonds. The van der Waals surface area contributed by atoms with Crippen molar-refractivity contribution in [3.63, 3.8) is 0 Å². The van der Waals surface area contributed by atoms with E-state index < -0.39 is 0 Å². The Hall–Kier alpha value is -0.0800. The summed E-state index contributed by atoms with van der Waals surface area (Å²) in [5.41, 5.74) is 0. The van der Waals surface area contributed by atoms with Gasteiger partial charge >= 0.3 is 0 Å². The zero-order chi connectivity index (χ0) is 11.3. The van der Waals surface area contributed by atoms with Crippen molar-refractivity contribution < 1.29 is 9.84 Å². The Kier molecular flexibility index (Phi) is 5.62. The Morgan fingerprint density at radius 3 is 2.00 bits per heavy atom. The summed E-state index contributed by atoms with van der Waals surface area (Å²) in [4.78, 5) is 0. The molecule has 1 heterocycles. The van der Waals surface area contributed by atoms with Crippen LogP contribution in [0.2, 0.25) is 0 Å². The second-order valence-electron chi connectivity index (χ2n) is 4.63. The quantitative estimate of drug-likeness (QED) is 0.726. The maximum Gasteiger partial charge on any atom is 0.0607 e. The minimum absolute atomic E-state index is 0.0323. The van der Waals surface area contributed by atoms with Crippen LogP contribution >= 0.6 is 0 Å². The van der Waals surface area contributed by atoms with Crippen LogP contribution in [-0.4, -0.2) is 23.4 Å². The second-order valence-corrected chi connectivity index (χ2v) is 4.63. The monoisotopic (exact) mass is 214 g/mol. The van der Waals surface area contributed by atoms with Gasteiger partial charge in [-0.25, -0.2) is 0 Å². The molecule has 1 aliphatic carbocycles. The van der Waals surface area contributed by atoms with Crippen LogP contribution in [0.15, 0.2) is 0 Å². The lowest BCUT2D eigenvalue weighted by molar-refractivity contribution is -0.00695. The molecular formula is C13H26O2. The number of aliphatic hydroxyl groups is 1. The van der Waals surface area contributed by atoms with Crippen LogP contribution in [-0.2, 0) is 4.74 Å². The molecule has 2 rings (SSSR count). The fraction of sp³-hybridized carbons (Fsp3) is 1.00.